The van der Waals surface area contributed by atoms with Crippen LogP contribution in [0.25, 0.3) is 0 Å². The minimum atomic E-state index is 0.312. The van der Waals surface area contributed by atoms with Gasteiger partial charge in [-0.1, -0.05) is 55.2 Å². The number of hydrogen-bond acceptors (Lipinski definition) is 0. The van der Waals surface area contributed by atoms with Crippen LogP contribution in [0, 0.1) is 0 Å². The average Bonchev–Trinajstić information content (AvgIpc) is 2.05. The maximum absolute atomic E-state index is 2.72. The molecule has 0 aromatic carbocycles. The second-order valence-electron chi connectivity index (χ2n) is 3.73. The summed E-state index contributed by atoms with van der Waals surface area (Å²) in [6.07, 6.45) is 7.53. The predicted molar refractivity (Wildman–Crippen MR) is 62.9 cm³/mol. The highest BCUT2D eigenvalue weighted by atomic mass is 127. The third-order valence-corrected chi connectivity index (χ3v) is 10.3. The molecule has 1 saturated carbocycles. The van der Waals surface area contributed by atoms with E-state index in [1.807, 2.05) is 0 Å². The Morgan fingerprint density at radius 2 is 1.73 bits per heavy atom. The Morgan fingerprint density at radius 3 is 2.18 bits per heavy atom. The minimum Gasteiger partial charge on any atom is -0.0581 e. The van der Waals surface area contributed by atoms with Crippen molar-refractivity contribution >= 4 is 27.6 Å². The van der Waals surface area contributed by atoms with Crippen molar-refractivity contribution in [3.63, 3.8) is 0 Å². The first-order chi connectivity index (χ1) is 5.22. The Kier molecular flexibility index (Phi) is 4.67. The number of hydrogen-bond donors (Lipinski definition) is 0. The molecule has 0 amide bonds. The Bertz CT molecular complexity index is 108. The Morgan fingerprint density at radius 1 is 1.18 bits per heavy atom. The molecular weight excluding hydrogens is 266 g/mol. The van der Waals surface area contributed by atoms with E-state index < -0.39 is 0 Å². The SMILES string of the molecule is CC(C)P(I)C1CCCCC1. The smallest absolute Gasteiger partial charge is 0.0116 e. The van der Waals surface area contributed by atoms with Gasteiger partial charge in [-0.15, -0.1) is 0 Å². The van der Waals surface area contributed by atoms with Gasteiger partial charge in [0.2, 0.25) is 0 Å². The van der Waals surface area contributed by atoms with Gasteiger partial charge in [-0.05, 0) is 29.7 Å². The first-order valence-electron chi connectivity index (χ1n) is 4.66. The first kappa shape index (κ1) is 10.2. The van der Waals surface area contributed by atoms with Gasteiger partial charge >= 0.3 is 0 Å². The predicted octanol–water partition coefficient (Wildman–Crippen LogP) is 4.56. The topological polar surface area (TPSA) is 0 Å². The second-order valence-corrected chi connectivity index (χ2v) is 9.52. The van der Waals surface area contributed by atoms with E-state index in [0.29, 0.717) is 5.56 Å². The fourth-order valence-electron chi connectivity index (χ4n) is 1.75. The Hall–Kier alpha value is 1.16. The number of halogens is 1. The number of rotatable bonds is 2. The Labute approximate surface area is 84.8 Å². The summed E-state index contributed by atoms with van der Waals surface area (Å²) in [4.78, 5) is 0. The third kappa shape index (κ3) is 3.18. The van der Waals surface area contributed by atoms with Crippen LogP contribution in [0.3, 0.4) is 0 Å². The van der Waals surface area contributed by atoms with Gasteiger partial charge in [0.1, 0.15) is 0 Å². The van der Waals surface area contributed by atoms with Crippen LogP contribution in [-0.2, 0) is 0 Å². The van der Waals surface area contributed by atoms with Crippen LogP contribution in [0.5, 0.6) is 0 Å². The molecular formula is C9H18IP. The van der Waals surface area contributed by atoms with Gasteiger partial charge in [-0.25, -0.2) is 0 Å². The lowest BCUT2D eigenvalue weighted by Crippen LogP contribution is -2.11. The molecule has 1 aliphatic carbocycles. The monoisotopic (exact) mass is 284 g/mol. The van der Waals surface area contributed by atoms with E-state index in [1.54, 1.807) is 0 Å². The molecule has 0 saturated heterocycles. The highest BCUT2D eigenvalue weighted by molar-refractivity contribution is 14.2. The molecule has 11 heavy (non-hydrogen) atoms. The third-order valence-electron chi connectivity index (χ3n) is 2.42. The van der Waals surface area contributed by atoms with E-state index in [-0.39, 0.29) is 0 Å². The first-order valence-corrected chi connectivity index (χ1v) is 8.92. The van der Waals surface area contributed by atoms with Crippen molar-refractivity contribution in [2.24, 2.45) is 0 Å². The van der Waals surface area contributed by atoms with E-state index in [9.17, 15) is 0 Å². The molecule has 2 heteroatoms. The van der Waals surface area contributed by atoms with E-state index in [4.69, 9.17) is 0 Å². The fraction of sp³-hybridized carbons (Fsp3) is 1.00. The fourth-order valence-corrected chi connectivity index (χ4v) is 5.12. The molecule has 0 bridgehead atoms. The zero-order chi connectivity index (χ0) is 8.27. The average molecular weight is 284 g/mol. The maximum Gasteiger partial charge on any atom is -0.0116 e. The lowest BCUT2D eigenvalue weighted by molar-refractivity contribution is 0.512. The summed E-state index contributed by atoms with van der Waals surface area (Å²) in [7, 11) is 0. The molecule has 0 N–H and O–H groups in total. The zero-order valence-electron chi connectivity index (χ0n) is 7.52. The van der Waals surface area contributed by atoms with Crippen LogP contribution >= 0.6 is 27.6 Å². The summed E-state index contributed by atoms with van der Waals surface area (Å²) < 4.78 is 0. The van der Waals surface area contributed by atoms with Crippen LogP contribution in [-0.4, -0.2) is 11.3 Å². The van der Waals surface area contributed by atoms with E-state index in [2.05, 4.69) is 35.9 Å². The van der Waals surface area contributed by atoms with Crippen LogP contribution in [0.4, 0.5) is 0 Å². The molecule has 0 nitrogen and oxygen atoms in total. The Balaban J connectivity index is 2.32. The second kappa shape index (κ2) is 5.01. The van der Waals surface area contributed by atoms with E-state index in [0.717, 1.165) is 11.3 Å². The highest BCUT2D eigenvalue weighted by Gasteiger charge is 2.22. The molecule has 0 radical (unpaired) electrons. The zero-order valence-corrected chi connectivity index (χ0v) is 10.6. The molecule has 1 fully saturated rings. The largest absolute Gasteiger partial charge is 0.0581 e. The van der Waals surface area contributed by atoms with Crippen molar-refractivity contribution in [3.05, 3.63) is 0 Å². The molecule has 1 atom stereocenters. The van der Waals surface area contributed by atoms with E-state index in [1.165, 1.54) is 32.1 Å². The van der Waals surface area contributed by atoms with Gasteiger partial charge in [0.05, 0.1) is 0 Å². The highest BCUT2D eigenvalue weighted by Crippen LogP contribution is 2.57. The summed E-state index contributed by atoms with van der Waals surface area (Å²) in [5.41, 5.74) is 2.35. The summed E-state index contributed by atoms with van der Waals surface area (Å²) in [6.45, 7) is 4.76. The van der Waals surface area contributed by atoms with Gasteiger partial charge in [-0.3, -0.25) is 0 Å². The van der Waals surface area contributed by atoms with Crippen LogP contribution in [0.1, 0.15) is 46.0 Å². The normalized spacial score (nSPS) is 24.0. The van der Waals surface area contributed by atoms with Crippen LogP contribution < -0.4 is 0 Å². The standard InChI is InChI=1S/C9H18IP/c1-8(2)11(10)9-6-4-3-5-7-9/h8-9H,3-7H2,1-2H3. The van der Waals surface area contributed by atoms with Crippen molar-refractivity contribution in [1.82, 2.24) is 0 Å². The van der Waals surface area contributed by atoms with Gasteiger partial charge < -0.3 is 0 Å². The van der Waals surface area contributed by atoms with Gasteiger partial charge in [0.15, 0.2) is 0 Å². The molecule has 0 aromatic heterocycles. The summed E-state index contributed by atoms with van der Waals surface area (Å²) in [5, 5.41) is 0. The molecule has 1 unspecified atom stereocenters. The van der Waals surface area contributed by atoms with Crippen molar-refractivity contribution < 1.29 is 0 Å². The molecule has 1 aliphatic rings. The van der Waals surface area contributed by atoms with E-state index >= 15 is 0 Å². The summed E-state index contributed by atoms with van der Waals surface area (Å²) >= 11 is 2.72. The minimum absolute atomic E-state index is 0.312. The van der Waals surface area contributed by atoms with Gasteiger partial charge in [-0.2, -0.15) is 0 Å². The summed E-state index contributed by atoms with van der Waals surface area (Å²) in [6, 6.07) is 0. The lowest BCUT2D eigenvalue weighted by Gasteiger charge is -2.28. The molecule has 1 rings (SSSR count). The lowest BCUT2D eigenvalue weighted by atomic mass is 10.0. The molecule has 0 heterocycles. The molecule has 0 spiro atoms. The molecule has 0 aromatic rings. The van der Waals surface area contributed by atoms with Crippen molar-refractivity contribution in [2.45, 2.75) is 57.3 Å². The van der Waals surface area contributed by atoms with Crippen molar-refractivity contribution in [1.29, 1.82) is 0 Å². The molecule has 66 valence electrons. The van der Waals surface area contributed by atoms with Crippen molar-refractivity contribution in [2.75, 3.05) is 0 Å². The van der Waals surface area contributed by atoms with Gasteiger partial charge in [0, 0.05) is 0 Å². The molecule has 0 aliphatic heterocycles. The van der Waals surface area contributed by atoms with Crippen LogP contribution in [0.15, 0.2) is 0 Å². The van der Waals surface area contributed by atoms with Crippen molar-refractivity contribution in [3.8, 4) is 0 Å². The van der Waals surface area contributed by atoms with Crippen LogP contribution in [0.2, 0.25) is 0 Å². The van der Waals surface area contributed by atoms with Gasteiger partial charge in [0.25, 0.3) is 0 Å². The summed E-state index contributed by atoms with van der Waals surface area (Å²) in [5.74, 6) is 0. The quantitative estimate of drug-likeness (QED) is 0.515. The maximum atomic E-state index is 2.72.